The maximum absolute atomic E-state index is 10.8. The van der Waals surface area contributed by atoms with Gasteiger partial charge < -0.3 is 10.2 Å². The van der Waals surface area contributed by atoms with Crippen molar-refractivity contribution in [3.8, 4) is 0 Å². The van der Waals surface area contributed by atoms with E-state index in [-0.39, 0.29) is 27.1 Å². The molecular weight excluding hydrogens is 344 g/mol. The summed E-state index contributed by atoms with van der Waals surface area (Å²) in [5.41, 5.74) is -0.949. The van der Waals surface area contributed by atoms with E-state index >= 15 is 0 Å². The second-order valence-corrected chi connectivity index (χ2v) is 5.94. The maximum atomic E-state index is 10.8. The molecule has 0 saturated carbocycles. The molecule has 2 N–H and O–H groups in total. The van der Waals surface area contributed by atoms with Gasteiger partial charge in [0.25, 0.3) is 0 Å². The SMILES string of the molecule is CC1(C(=O)O)C=CC=C(C(=O)O)C1.[Cl][Ru][Cl]. The fraction of sp³-hybridized carbons (Fsp3) is 0.333. The molecule has 7 heteroatoms. The van der Waals surface area contributed by atoms with Gasteiger partial charge in [-0.2, -0.15) is 0 Å². The predicted octanol–water partition coefficient (Wildman–Crippen LogP) is 2.42. The molecule has 1 atom stereocenters. The first-order valence-corrected chi connectivity index (χ1v) is 8.55. The van der Waals surface area contributed by atoms with Crippen molar-refractivity contribution in [2.45, 2.75) is 13.3 Å². The van der Waals surface area contributed by atoms with E-state index in [2.05, 4.69) is 0 Å². The van der Waals surface area contributed by atoms with Crippen LogP contribution in [0.4, 0.5) is 0 Å². The normalized spacial score (nSPS) is 23.1. The van der Waals surface area contributed by atoms with Gasteiger partial charge in [-0.05, 0) is 13.3 Å². The average Bonchev–Trinajstić information content (AvgIpc) is 2.18. The Morgan fingerprint density at radius 3 is 2.31 bits per heavy atom. The number of hydrogen-bond acceptors (Lipinski definition) is 2. The van der Waals surface area contributed by atoms with E-state index in [9.17, 15) is 9.59 Å². The van der Waals surface area contributed by atoms with E-state index in [0.717, 1.165) is 0 Å². The number of carboxylic acids is 2. The second kappa shape index (κ2) is 7.05. The summed E-state index contributed by atoms with van der Waals surface area (Å²) in [6, 6.07) is 0. The molecular formula is C9H10Cl2O4Ru. The van der Waals surface area contributed by atoms with Crippen LogP contribution in [0.5, 0.6) is 0 Å². The molecule has 0 aliphatic heterocycles. The van der Waals surface area contributed by atoms with Crippen LogP contribution in [0.2, 0.25) is 0 Å². The summed E-state index contributed by atoms with van der Waals surface area (Å²) in [6.07, 6.45) is 4.43. The molecule has 4 nitrogen and oxygen atoms in total. The molecule has 0 radical (unpaired) electrons. The number of carbonyl (C=O) groups is 2. The van der Waals surface area contributed by atoms with Gasteiger partial charge in [-0.15, -0.1) is 0 Å². The van der Waals surface area contributed by atoms with E-state index in [4.69, 9.17) is 29.6 Å². The standard InChI is InChI=1S/C9H10O4.2ClH.Ru/c1-9(8(12)13)4-2-3-6(5-9)7(10)11;;;/h2-4H,5H2,1H3,(H,10,11)(H,12,13);2*1H;/q;;;+2/p-2. The first-order chi connectivity index (χ1) is 7.37. The molecule has 16 heavy (non-hydrogen) atoms. The number of carboxylic acid groups (broad SMARTS) is 2. The molecule has 0 aromatic heterocycles. The van der Waals surface area contributed by atoms with E-state index in [1.807, 2.05) is 0 Å². The van der Waals surface area contributed by atoms with Gasteiger partial charge in [0, 0.05) is 5.57 Å². The Hall–Kier alpha value is -0.377. The Labute approximate surface area is 109 Å². The van der Waals surface area contributed by atoms with Crippen LogP contribution in [-0.2, 0) is 24.7 Å². The molecule has 0 spiro atoms. The summed E-state index contributed by atoms with van der Waals surface area (Å²) in [5, 5.41) is 17.5. The van der Waals surface area contributed by atoms with Gasteiger partial charge in [0.05, 0.1) is 5.41 Å². The van der Waals surface area contributed by atoms with Crippen molar-refractivity contribution >= 4 is 31.3 Å². The molecule has 1 unspecified atom stereocenters. The van der Waals surface area contributed by atoms with Crippen molar-refractivity contribution in [3.05, 3.63) is 23.8 Å². The van der Waals surface area contributed by atoms with Crippen LogP contribution in [0.15, 0.2) is 23.8 Å². The minimum absolute atomic E-state index is 0.0359. The van der Waals surface area contributed by atoms with Gasteiger partial charge in [-0.25, -0.2) is 4.79 Å². The summed E-state index contributed by atoms with van der Waals surface area (Å²) in [5.74, 6) is -2.06. The monoisotopic (exact) mass is 354 g/mol. The zero-order valence-corrected chi connectivity index (χ0v) is 11.5. The van der Waals surface area contributed by atoms with Crippen LogP contribution in [0.3, 0.4) is 0 Å². The molecule has 0 aromatic rings. The Morgan fingerprint density at radius 2 is 1.94 bits per heavy atom. The fourth-order valence-corrected chi connectivity index (χ4v) is 1.18. The number of rotatable bonds is 2. The predicted molar refractivity (Wildman–Crippen MR) is 56.9 cm³/mol. The first-order valence-electron chi connectivity index (χ1n) is 4.07. The average molecular weight is 354 g/mol. The van der Waals surface area contributed by atoms with Gasteiger partial charge in [-0.3, -0.25) is 4.79 Å². The van der Waals surface area contributed by atoms with Crippen LogP contribution in [0, 0.1) is 5.41 Å². The van der Waals surface area contributed by atoms with E-state index in [1.54, 1.807) is 0 Å². The molecule has 0 heterocycles. The molecule has 0 aromatic carbocycles. The van der Waals surface area contributed by atoms with Crippen LogP contribution in [-0.4, -0.2) is 22.2 Å². The van der Waals surface area contributed by atoms with Crippen LogP contribution < -0.4 is 0 Å². The molecule has 1 rings (SSSR count). The van der Waals surface area contributed by atoms with E-state index in [0.29, 0.717) is 0 Å². The zero-order chi connectivity index (χ0) is 12.8. The van der Waals surface area contributed by atoms with E-state index in [1.165, 1.54) is 25.2 Å². The third-order valence-corrected chi connectivity index (χ3v) is 2.08. The number of aliphatic carboxylic acids is 2. The first kappa shape index (κ1) is 15.6. The third kappa shape index (κ3) is 4.64. The Balaban J connectivity index is 0.000000673. The zero-order valence-electron chi connectivity index (χ0n) is 8.26. The molecule has 0 bridgehead atoms. The van der Waals surface area contributed by atoms with Crippen molar-refractivity contribution in [3.63, 3.8) is 0 Å². The summed E-state index contributed by atoms with van der Waals surface area (Å²) >= 11 is -0.346. The molecule has 1 aliphatic rings. The van der Waals surface area contributed by atoms with Crippen molar-refractivity contribution in [2.24, 2.45) is 5.41 Å². The number of hydrogen-bond donors (Lipinski definition) is 2. The number of halogens is 2. The van der Waals surface area contributed by atoms with Gasteiger partial charge in [0.1, 0.15) is 0 Å². The molecule has 92 valence electrons. The molecule has 0 fully saturated rings. The van der Waals surface area contributed by atoms with Crippen molar-refractivity contribution in [2.75, 3.05) is 0 Å². The Kier molecular flexibility index (Phi) is 6.88. The molecule has 0 amide bonds. The van der Waals surface area contributed by atoms with Gasteiger partial charge >= 0.3 is 46.5 Å². The topological polar surface area (TPSA) is 74.6 Å². The fourth-order valence-electron chi connectivity index (χ4n) is 1.18. The second-order valence-electron chi connectivity index (χ2n) is 3.31. The molecule has 1 aliphatic carbocycles. The summed E-state index contributed by atoms with van der Waals surface area (Å²) < 4.78 is 0. The summed E-state index contributed by atoms with van der Waals surface area (Å²) in [6.45, 7) is 1.50. The Bertz CT molecular complexity index is 340. The molecule has 0 saturated heterocycles. The summed E-state index contributed by atoms with van der Waals surface area (Å²) in [4.78, 5) is 21.3. The van der Waals surface area contributed by atoms with Crippen molar-refractivity contribution in [1.82, 2.24) is 0 Å². The third-order valence-electron chi connectivity index (χ3n) is 2.08. The minimum atomic E-state index is -1.08. The van der Waals surface area contributed by atoms with Crippen LogP contribution in [0.1, 0.15) is 13.3 Å². The quantitative estimate of drug-likeness (QED) is 0.747. The van der Waals surface area contributed by atoms with Crippen LogP contribution >= 0.6 is 19.4 Å². The van der Waals surface area contributed by atoms with E-state index < -0.39 is 17.4 Å². The Morgan fingerprint density at radius 1 is 1.44 bits per heavy atom. The van der Waals surface area contributed by atoms with Crippen LogP contribution in [0.25, 0.3) is 0 Å². The van der Waals surface area contributed by atoms with Crippen molar-refractivity contribution in [1.29, 1.82) is 0 Å². The van der Waals surface area contributed by atoms with Crippen molar-refractivity contribution < 1.29 is 34.9 Å². The summed E-state index contributed by atoms with van der Waals surface area (Å²) in [7, 11) is 9.71. The van der Waals surface area contributed by atoms with Gasteiger partial charge in [0.2, 0.25) is 0 Å². The van der Waals surface area contributed by atoms with Gasteiger partial charge in [-0.1, -0.05) is 18.2 Å². The number of allylic oxidation sites excluding steroid dienone is 2. The van der Waals surface area contributed by atoms with Gasteiger partial charge in [0.15, 0.2) is 0 Å².